The molecule has 0 aliphatic rings. The first-order valence-corrected chi connectivity index (χ1v) is 4.32. The summed E-state index contributed by atoms with van der Waals surface area (Å²) in [5.41, 5.74) is 0.337. The Bertz CT molecular complexity index is 559. The molecular formula is C9H6F3N3O. The van der Waals surface area contributed by atoms with Crippen molar-refractivity contribution in [1.29, 1.82) is 0 Å². The van der Waals surface area contributed by atoms with Crippen LogP contribution in [0.3, 0.4) is 0 Å². The van der Waals surface area contributed by atoms with E-state index in [1.165, 1.54) is 25.3 Å². The van der Waals surface area contributed by atoms with E-state index in [1.807, 2.05) is 0 Å². The van der Waals surface area contributed by atoms with E-state index in [-0.39, 0.29) is 17.0 Å². The van der Waals surface area contributed by atoms with E-state index < -0.39 is 12.0 Å². The van der Waals surface area contributed by atoms with Gasteiger partial charge in [-0.2, -0.15) is 13.2 Å². The summed E-state index contributed by atoms with van der Waals surface area (Å²) in [5.74, 6) is -1.46. The van der Waals surface area contributed by atoms with E-state index in [4.69, 9.17) is 0 Å². The summed E-state index contributed by atoms with van der Waals surface area (Å²) >= 11 is 0. The molecule has 2 aromatic rings. The van der Waals surface area contributed by atoms with E-state index in [9.17, 15) is 18.0 Å². The minimum absolute atomic E-state index is 0.0531. The number of Topliss-reactive ketones (excluding diaryl/α,β-unsaturated/α-hetero) is 1. The molecule has 2 aromatic heterocycles. The molecule has 0 radical (unpaired) electrons. The molecule has 0 atom stereocenters. The van der Waals surface area contributed by atoms with E-state index in [2.05, 4.69) is 10.1 Å². The van der Waals surface area contributed by atoms with Gasteiger partial charge in [-0.25, -0.2) is 9.50 Å². The van der Waals surface area contributed by atoms with E-state index in [0.29, 0.717) is 0 Å². The Balaban J connectivity index is 2.59. The Kier molecular flexibility index (Phi) is 2.18. The standard InChI is InChI=1S/C9H6F3N3O/c1-5(16)6-2-3-7-13-8(9(10,11)12)14-15(7)4-6/h2-4H,1H3. The molecule has 2 rings (SSSR count). The average Bonchev–Trinajstić information content (AvgIpc) is 2.58. The summed E-state index contributed by atoms with van der Waals surface area (Å²) in [5, 5.41) is 3.26. The summed E-state index contributed by atoms with van der Waals surface area (Å²) in [4.78, 5) is 14.3. The summed E-state index contributed by atoms with van der Waals surface area (Å²) in [6.45, 7) is 1.32. The van der Waals surface area contributed by atoms with Crippen LogP contribution >= 0.6 is 0 Å². The lowest BCUT2D eigenvalue weighted by atomic mass is 10.2. The van der Waals surface area contributed by atoms with Crippen molar-refractivity contribution in [3.05, 3.63) is 29.7 Å². The van der Waals surface area contributed by atoms with E-state index in [1.54, 1.807) is 0 Å². The Morgan fingerprint density at radius 1 is 1.38 bits per heavy atom. The zero-order valence-corrected chi connectivity index (χ0v) is 8.12. The molecule has 2 heterocycles. The molecule has 0 amide bonds. The molecule has 0 N–H and O–H groups in total. The second-order valence-corrected chi connectivity index (χ2v) is 3.21. The number of pyridine rings is 1. The fourth-order valence-electron chi connectivity index (χ4n) is 1.21. The highest BCUT2D eigenvalue weighted by Gasteiger charge is 2.36. The molecule has 0 unspecified atom stereocenters. The SMILES string of the molecule is CC(=O)c1ccc2nc(C(F)(F)F)nn2c1. The van der Waals surface area contributed by atoms with Gasteiger partial charge in [-0.1, -0.05) is 0 Å². The molecule has 0 bridgehead atoms. The van der Waals surface area contributed by atoms with Gasteiger partial charge >= 0.3 is 6.18 Å². The van der Waals surface area contributed by atoms with Crippen LogP contribution in [0.15, 0.2) is 18.3 Å². The molecule has 84 valence electrons. The lowest BCUT2D eigenvalue weighted by molar-refractivity contribution is -0.144. The van der Waals surface area contributed by atoms with Crippen LogP contribution in [0.4, 0.5) is 13.2 Å². The maximum Gasteiger partial charge on any atom is 0.453 e. The van der Waals surface area contributed by atoms with Gasteiger partial charge < -0.3 is 0 Å². The van der Waals surface area contributed by atoms with E-state index >= 15 is 0 Å². The molecule has 0 aliphatic carbocycles. The van der Waals surface area contributed by atoms with Crippen LogP contribution in [-0.4, -0.2) is 20.4 Å². The largest absolute Gasteiger partial charge is 0.453 e. The highest BCUT2D eigenvalue weighted by Crippen LogP contribution is 2.26. The predicted octanol–water partition coefficient (Wildman–Crippen LogP) is 1.95. The van der Waals surface area contributed by atoms with E-state index in [0.717, 1.165) is 4.52 Å². The highest BCUT2D eigenvalue weighted by atomic mass is 19.4. The van der Waals surface area contributed by atoms with Gasteiger partial charge in [0.1, 0.15) is 0 Å². The lowest BCUT2D eigenvalue weighted by Gasteiger charge is -1.97. The number of ketones is 1. The van der Waals surface area contributed by atoms with Crippen LogP contribution in [0.25, 0.3) is 5.65 Å². The third kappa shape index (κ3) is 1.75. The van der Waals surface area contributed by atoms with Gasteiger partial charge in [0.2, 0.25) is 0 Å². The maximum atomic E-state index is 12.3. The normalized spacial score (nSPS) is 12.0. The maximum absolute atomic E-state index is 12.3. The number of hydrogen-bond acceptors (Lipinski definition) is 3. The number of rotatable bonds is 1. The third-order valence-corrected chi connectivity index (χ3v) is 1.99. The van der Waals surface area contributed by atoms with Gasteiger partial charge in [0.25, 0.3) is 5.82 Å². The Labute approximate surface area is 87.7 Å². The van der Waals surface area contributed by atoms with Crippen LogP contribution in [0.5, 0.6) is 0 Å². The first-order valence-electron chi connectivity index (χ1n) is 4.32. The van der Waals surface area contributed by atoms with Crippen molar-refractivity contribution in [3.63, 3.8) is 0 Å². The van der Waals surface area contributed by atoms with Crippen molar-refractivity contribution in [3.8, 4) is 0 Å². The molecule has 4 nitrogen and oxygen atoms in total. The molecule has 0 saturated heterocycles. The predicted molar refractivity (Wildman–Crippen MR) is 48.0 cm³/mol. The third-order valence-electron chi connectivity index (χ3n) is 1.99. The van der Waals surface area contributed by atoms with Crippen LogP contribution in [0.2, 0.25) is 0 Å². The van der Waals surface area contributed by atoms with Crippen molar-refractivity contribution in [2.75, 3.05) is 0 Å². The Morgan fingerprint density at radius 3 is 2.62 bits per heavy atom. The van der Waals surface area contributed by atoms with Crippen molar-refractivity contribution in [1.82, 2.24) is 14.6 Å². The molecule has 0 aromatic carbocycles. The fraction of sp³-hybridized carbons (Fsp3) is 0.222. The van der Waals surface area contributed by atoms with Gasteiger partial charge in [-0.15, -0.1) is 5.10 Å². The van der Waals surface area contributed by atoms with Crippen LogP contribution in [-0.2, 0) is 6.18 Å². The number of aromatic nitrogens is 3. The first kappa shape index (κ1) is 10.6. The van der Waals surface area contributed by atoms with Crippen LogP contribution in [0, 0.1) is 0 Å². The number of carbonyl (C=O) groups excluding carboxylic acids is 1. The minimum Gasteiger partial charge on any atom is -0.294 e. The fourth-order valence-corrected chi connectivity index (χ4v) is 1.21. The molecule has 0 spiro atoms. The smallest absolute Gasteiger partial charge is 0.294 e. The molecule has 0 aliphatic heterocycles. The van der Waals surface area contributed by atoms with Gasteiger partial charge in [0, 0.05) is 11.8 Å². The van der Waals surface area contributed by atoms with Crippen molar-refractivity contribution < 1.29 is 18.0 Å². The highest BCUT2D eigenvalue weighted by molar-refractivity contribution is 5.93. The van der Waals surface area contributed by atoms with Crippen LogP contribution < -0.4 is 0 Å². The van der Waals surface area contributed by atoms with Gasteiger partial charge in [-0.05, 0) is 19.1 Å². The van der Waals surface area contributed by atoms with Gasteiger partial charge in [0.15, 0.2) is 11.4 Å². The quantitative estimate of drug-likeness (QED) is 0.702. The van der Waals surface area contributed by atoms with Crippen molar-refractivity contribution in [2.45, 2.75) is 13.1 Å². The molecule has 16 heavy (non-hydrogen) atoms. The first-order chi connectivity index (χ1) is 7.38. The second-order valence-electron chi connectivity index (χ2n) is 3.21. The Hall–Kier alpha value is -1.92. The van der Waals surface area contributed by atoms with Crippen molar-refractivity contribution in [2.24, 2.45) is 0 Å². The number of carbonyl (C=O) groups is 1. The van der Waals surface area contributed by atoms with Crippen molar-refractivity contribution >= 4 is 11.4 Å². The number of alkyl halides is 3. The average molecular weight is 229 g/mol. The molecule has 0 fully saturated rings. The number of hydrogen-bond donors (Lipinski definition) is 0. The summed E-state index contributed by atoms with van der Waals surface area (Å²) in [6, 6.07) is 2.73. The summed E-state index contributed by atoms with van der Waals surface area (Å²) in [7, 11) is 0. The molecular weight excluding hydrogens is 223 g/mol. The number of fused-ring (bicyclic) bond motifs is 1. The number of nitrogens with zero attached hydrogens (tertiary/aromatic N) is 3. The molecule has 0 saturated carbocycles. The topological polar surface area (TPSA) is 47.3 Å². The Morgan fingerprint density at radius 2 is 2.06 bits per heavy atom. The van der Waals surface area contributed by atoms with Gasteiger partial charge in [-0.3, -0.25) is 4.79 Å². The van der Waals surface area contributed by atoms with Gasteiger partial charge in [0.05, 0.1) is 0 Å². The lowest BCUT2D eigenvalue weighted by Crippen LogP contribution is -2.07. The zero-order chi connectivity index (χ0) is 11.9. The zero-order valence-electron chi connectivity index (χ0n) is 8.12. The summed E-state index contributed by atoms with van der Waals surface area (Å²) in [6.07, 6.45) is -3.36. The molecule has 7 heteroatoms. The summed E-state index contributed by atoms with van der Waals surface area (Å²) < 4.78 is 37.8. The van der Waals surface area contributed by atoms with Crippen LogP contribution in [0.1, 0.15) is 23.1 Å². The minimum atomic E-state index is -4.58. The number of halogens is 3. The second kappa shape index (κ2) is 3.29. The monoisotopic (exact) mass is 229 g/mol.